The second-order valence-corrected chi connectivity index (χ2v) is 6.47. The van der Waals surface area contributed by atoms with Crippen LogP contribution in [0, 0.1) is 11.3 Å². The molecule has 0 aromatic carbocycles. The van der Waals surface area contributed by atoms with Gasteiger partial charge >= 0.3 is 0 Å². The van der Waals surface area contributed by atoms with E-state index in [0.29, 0.717) is 24.3 Å². The van der Waals surface area contributed by atoms with E-state index in [1.165, 1.54) is 0 Å². The van der Waals surface area contributed by atoms with Gasteiger partial charge in [0.15, 0.2) is 0 Å². The SMILES string of the molecule is CC(CC(=O)NC(C)CCCN)CC(C)(C)C. The molecule has 3 N–H and O–H groups in total. The number of carbonyl (C=O) groups excluding carboxylic acids is 1. The second-order valence-electron chi connectivity index (χ2n) is 6.47. The number of hydrogen-bond donors (Lipinski definition) is 2. The zero-order valence-corrected chi connectivity index (χ0v) is 12.2. The molecule has 0 rings (SSSR count). The number of nitrogens with one attached hydrogen (secondary N) is 1. The molecule has 0 heterocycles. The standard InChI is InChI=1S/C14H30N2O/c1-11(10-14(3,4)5)9-13(17)16-12(2)7-6-8-15/h11-12H,6-10,15H2,1-5H3,(H,16,17). The Bertz CT molecular complexity index is 221. The fourth-order valence-electron chi connectivity index (χ4n) is 2.26. The van der Waals surface area contributed by atoms with Crippen LogP contribution in [0.4, 0.5) is 0 Å². The molecule has 3 heteroatoms. The van der Waals surface area contributed by atoms with Crippen LogP contribution in [0.15, 0.2) is 0 Å². The first-order chi connectivity index (χ1) is 7.74. The number of hydrogen-bond acceptors (Lipinski definition) is 2. The Balaban J connectivity index is 3.85. The molecule has 0 saturated carbocycles. The minimum Gasteiger partial charge on any atom is -0.354 e. The van der Waals surface area contributed by atoms with Crippen molar-refractivity contribution < 1.29 is 4.79 Å². The first-order valence-electron chi connectivity index (χ1n) is 6.74. The van der Waals surface area contributed by atoms with Crippen molar-refractivity contribution in [2.24, 2.45) is 17.1 Å². The Morgan fingerprint density at radius 1 is 1.29 bits per heavy atom. The summed E-state index contributed by atoms with van der Waals surface area (Å²) in [6, 6.07) is 0.243. The number of rotatable bonds is 7. The predicted molar refractivity (Wildman–Crippen MR) is 73.7 cm³/mol. The van der Waals surface area contributed by atoms with E-state index < -0.39 is 0 Å². The van der Waals surface area contributed by atoms with Crippen molar-refractivity contribution in [3.05, 3.63) is 0 Å². The highest BCUT2D eigenvalue weighted by Crippen LogP contribution is 2.25. The summed E-state index contributed by atoms with van der Waals surface area (Å²) in [5.41, 5.74) is 5.74. The van der Waals surface area contributed by atoms with Gasteiger partial charge in [-0.1, -0.05) is 27.7 Å². The summed E-state index contributed by atoms with van der Waals surface area (Å²) in [4.78, 5) is 11.8. The highest BCUT2D eigenvalue weighted by molar-refractivity contribution is 5.76. The molecule has 0 aliphatic carbocycles. The van der Waals surface area contributed by atoms with Crippen molar-refractivity contribution in [3.63, 3.8) is 0 Å². The third kappa shape index (κ3) is 10.3. The molecule has 2 unspecified atom stereocenters. The maximum atomic E-state index is 11.8. The second kappa shape index (κ2) is 7.70. The van der Waals surface area contributed by atoms with Gasteiger partial charge in [0.25, 0.3) is 0 Å². The summed E-state index contributed by atoms with van der Waals surface area (Å²) in [6.45, 7) is 11.5. The van der Waals surface area contributed by atoms with Gasteiger partial charge in [0, 0.05) is 12.5 Å². The molecule has 3 nitrogen and oxygen atoms in total. The summed E-state index contributed by atoms with van der Waals surface area (Å²) >= 11 is 0. The smallest absolute Gasteiger partial charge is 0.220 e. The lowest BCUT2D eigenvalue weighted by Gasteiger charge is -2.23. The van der Waals surface area contributed by atoms with Crippen LogP contribution in [0.25, 0.3) is 0 Å². The molecule has 0 aromatic rings. The van der Waals surface area contributed by atoms with E-state index in [1.54, 1.807) is 0 Å². The molecule has 0 aromatic heterocycles. The Kier molecular flexibility index (Phi) is 7.44. The van der Waals surface area contributed by atoms with Crippen LogP contribution in [0.3, 0.4) is 0 Å². The van der Waals surface area contributed by atoms with Gasteiger partial charge in [-0.2, -0.15) is 0 Å². The molecular formula is C14H30N2O. The van der Waals surface area contributed by atoms with Crippen molar-refractivity contribution >= 4 is 5.91 Å². The molecular weight excluding hydrogens is 212 g/mol. The summed E-state index contributed by atoms with van der Waals surface area (Å²) in [5, 5.41) is 3.04. The summed E-state index contributed by atoms with van der Waals surface area (Å²) in [6.07, 6.45) is 3.65. The van der Waals surface area contributed by atoms with Crippen molar-refractivity contribution in [2.75, 3.05) is 6.54 Å². The Labute approximate surface area is 107 Å². The third-order valence-electron chi connectivity index (χ3n) is 2.74. The first-order valence-corrected chi connectivity index (χ1v) is 6.74. The zero-order valence-electron chi connectivity index (χ0n) is 12.2. The molecule has 102 valence electrons. The van der Waals surface area contributed by atoms with Crippen molar-refractivity contribution in [2.45, 2.75) is 66.3 Å². The van der Waals surface area contributed by atoms with Crippen LogP contribution < -0.4 is 11.1 Å². The van der Waals surface area contributed by atoms with Crippen LogP contribution in [-0.2, 0) is 4.79 Å². The van der Waals surface area contributed by atoms with Crippen LogP contribution in [0.5, 0.6) is 0 Å². The maximum Gasteiger partial charge on any atom is 0.220 e. The largest absolute Gasteiger partial charge is 0.354 e. The molecule has 0 fully saturated rings. The van der Waals surface area contributed by atoms with Crippen molar-refractivity contribution in [1.29, 1.82) is 0 Å². The van der Waals surface area contributed by atoms with Gasteiger partial charge < -0.3 is 11.1 Å². The summed E-state index contributed by atoms with van der Waals surface area (Å²) in [7, 11) is 0. The molecule has 0 radical (unpaired) electrons. The average Bonchev–Trinajstić information content (AvgIpc) is 2.10. The van der Waals surface area contributed by atoms with Crippen LogP contribution in [0.2, 0.25) is 0 Å². The van der Waals surface area contributed by atoms with Gasteiger partial charge in [-0.25, -0.2) is 0 Å². The molecule has 0 aliphatic rings. The number of carbonyl (C=O) groups is 1. The Morgan fingerprint density at radius 2 is 1.88 bits per heavy atom. The van der Waals surface area contributed by atoms with Gasteiger partial charge in [0.1, 0.15) is 0 Å². The quantitative estimate of drug-likeness (QED) is 0.721. The first kappa shape index (κ1) is 16.4. The zero-order chi connectivity index (χ0) is 13.5. The van der Waals surface area contributed by atoms with E-state index in [-0.39, 0.29) is 11.9 Å². The minimum absolute atomic E-state index is 0.172. The molecule has 0 saturated heterocycles. The topological polar surface area (TPSA) is 55.1 Å². The van der Waals surface area contributed by atoms with Gasteiger partial charge in [0.05, 0.1) is 0 Å². The molecule has 0 spiro atoms. The van der Waals surface area contributed by atoms with Crippen molar-refractivity contribution in [1.82, 2.24) is 5.32 Å². The third-order valence-corrected chi connectivity index (χ3v) is 2.74. The molecule has 2 atom stereocenters. The lowest BCUT2D eigenvalue weighted by atomic mass is 9.84. The monoisotopic (exact) mass is 242 g/mol. The van der Waals surface area contributed by atoms with Crippen LogP contribution in [0.1, 0.15) is 60.3 Å². The van der Waals surface area contributed by atoms with E-state index >= 15 is 0 Å². The van der Waals surface area contributed by atoms with E-state index in [0.717, 1.165) is 19.3 Å². The fraction of sp³-hybridized carbons (Fsp3) is 0.929. The predicted octanol–water partition coefficient (Wildman–Crippen LogP) is 2.69. The molecule has 0 aliphatic heterocycles. The van der Waals surface area contributed by atoms with E-state index in [9.17, 15) is 4.79 Å². The Morgan fingerprint density at radius 3 is 2.35 bits per heavy atom. The van der Waals surface area contributed by atoms with Crippen molar-refractivity contribution in [3.8, 4) is 0 Å². The van der Waals surface area contributed by atoms with E-state index in [1.807, 2.05) is 6.92 Å². The minimum atomic E-state index is 0.172. The summed E-state index contributed by atoms with van der Waals surface area (Å²) in [5.74, 6) is 0.614. The highest BCUT2D eigenvalue weighted by atomic mass is 16.1. The van der Waals surface area contributed by atoms with E-state index in [4.69, 9.17) is 5.73 Å². The van der Waals surface area contributed by atoms with Crippen LogP contribution >= 0.6 is 0 Å². The summed E-state index contributed by atoms with van der Waals surface area (Å²) < 4.78 is 0. The van der Waals surface area contributed by atoms with Gasteiger partial charge in [-0.05, 0) is 44.1 Å². The van der Waals surface area contributed by atoms with Gasteiger partial charge in [-0.15, -0.1) is 0 Å². The average molecular weight is 242 g/mol. The van der Waals surface area contributed by atoms with Gasteiger partial charge in [0.2, 0.25) is 5.91 Å². The lowest BCUT2D eigenvalue weighted by Crippen LogP contribution is -2.34. The molecule has 17 heavy (non-hydrogen) atoms. The van der Waals surface area contributed by atoms with E-state index in [2.05, 4.69) is 33.0 Å². The maximum absolute atomic E-state index is 11.8. The fourth-order valence-corrected chi connectivity index (χ4v) is 2.26. The number of amides is 1. The normalized spacial score (nSPS) is 15.4. The molecule has 1 amide bonds. The Hall–Kier alpha value is -0.570. The lowest BCUT2D eigenvalue weighted by molar-refractivity contribution is -0.122. The van der Waals surface area contributed by atoms with Gasteiger partial charge in [-0.3, -0.25) is 4.79 Å². The number of nitrogens with two attached hydrogens (primary N) is 1. The molecule has 0 bridgehead atoms. The highest BCUT2D eigenvalue weighted by Gasteiger charge is 2.18. The van der Waals surface area contributed by atoms with Crippen LogP contribution in [-0.4, -0.2) is 18.5 Å².